The summed E-state index contributed by atoms with van der Waals surface area (Å²) in [6.07, 6.45) is 0.675. The van der Waals surface area contributed by atoms with Crippen molar-refractivity contribution in [3.63, 3.8) is 0 Å². The van der Waals surface area contributed by atoms with Gasteiger partial charge in [0.05, 0.1) is 31.4 Å². The van der Waals surface area contributed by atoms with Crippen LogP contribution in [0.2, 0.25) is 0 Å². The molecule has 0 fully saturated rings. The second-order valence-corrected chi connectivity index (χ2v) is 12.4. The molecule has 1 atom stereocenters. The Labute approximate surface area is 238 Å². The van der Waals surface area contributed by atoms with Crippen molar-refractivity contribution in [1.29, 1.82) is 0 Å². The van der Waals surface area contributed by atoms with Crippen LogP contribution in [0, 0.1) is 0 Å². The molecule has 12 heteroatoms. The van der Waals surface area contributed by atoms with Crippen molar-refractivity contribution in [2.24, 2.45) is 0 Å². The summed E-state index contributed by atoms with van der Waals surface area (Å²) in [5.41, 5.74) is 1.16. The van der Waals surface area contributed by atoms with E-state index in [1.54, 1.807) is 47.8 Å². The molecule has 4 rings (SSSR count). The first-order chi connectivity index (χ1) is 19.2. The number of hydrogen-bond acceptors (Lipinski definition) is 9. The van der Waals surface area contributed by atoms with Crippen molar-refractivity contribution in [1.82, 2.24) is 14.5 Å². The summed E-state index contributed by atoms with van der Waals surface area (Å²) >= 11 is 1.13. The molecule has 40 heavy (non-hydrogen) atoms. The molecule has 0 radical (unpaired) electrons. The van der Waals surface area contributed by atoms with Gasteiger partial charge in [0.2, 0.25) is 10.0 Å². The minimum absolute atomic E-state index is 0.131. The SMILES string of the molecule is COc1ccc([C@@H](CCCNS(=O)(=O)c2cccs2)N2C(=O)c3cccc(OCCN(C)C)c3C2=O)cc1OC. The van der Waals surface area contributed by atoms with Crippen LogP contribution in [0.15, 0.2) is 58.1 Å². The summed E-state index contributed by atoms with van der Waals surface area (Å²) in [6.45, 7) is 1.13. The number of nitrogens with one attached hydrogen (secondary N) is 1. The van der Waals surface area contributed by atoms with Crippen molar-refractivity contribution in [3.8, 4) is 17.2 Å². The van der Waals surface area contributed by atoms with E-state index in [2.05, 4.69) is 4.72 Å². The zero-order valence-corrected chi connectivity index (χ0v) is 24.5. The van der Waals surface area contributed by atoms with E-state index in [9.17, 15) is 18.0 Å². The number of hydrogen-bond donors (Lipinski definition) is 1. The topological polar surface area (TPSA) is 114 Å². The molecule has 0 aliphatic carbocycles. The zero-order chi connectivity index (χ0) is 28.9. The highest BCUT2D eigenvalue weighted by Crippen LogP contribution is 2.40. The fourth-order valence-electron chi connectivity index (χ4n) is 4.51. The summed E-state index contributed by atoms with van der Waals surface area (Å²) in [7, 11) is 3.23. The number of ether oxygens (including phenoxy) is 3. The van der Waals surface area contributed by atoms with E-state index in [4.69, 9.17) is 14.2 Å². The molecule has 2 amide bonds. The lowest BCUT2D eigenvalue weighted by molar-refractivity contribution is 0.0571. The smallest absolute Gasteiger partial charge is 0.265 e. The fraction of sp³-hybridized carbons (Fsp3) is 0.357. The third-order valence-electron chi connectivity index (χ3n) is 6.51. The maximum Gasteiger partial charge on any atom is 0.265 e. The molecule has 1 aliphatic heterocycles. The highest BCUT2D eigenvalue weighted by Gasteiger charge is 2.42. The number of amides is 2. The number of sulfonamides is 1. The van der Waals surface area contributed by atoms with Gasteiger partial charge in [-0.2, -0.15) is 0 Å². The Balaban J connectivity index is 1.61. The molecule has 0 saturated heterocycles. The van der Waals surface area contributed by atoms with Crippen LogP contribution in [0.1, 0.15) is 45.2 Å². The standard InChI is InChI=1S/C28H33N3O7S2/c1-30(2)15-16-38-23-10-5-8-20-26(23)28(33)31(27(20)32)21(19-12-13-22(36-3)24(18-19)37-4)9-6-14-29-40(34,35)25-11-7-17-39-25/h5,7-8,10-13,17-18,21,29H,6,9,14-16H2,1-4H3/t21-/m1/s1. The van der Waals surface area contributed by atoms with Gasteiger partial charge in [0.1, 0.15) is 16.6 Å². The second-order valence-electron chi connectivity index (χ2n) is 9.41. The van der Waals surface area contributed by atoms with E-state index in [0.29, 0.717) is 48.8 Å². The van der Waals surface area contributed by atoms with Crippen LogP contribution in [0.3, 0.4) is 0 Å². The first-order valence-electron chi connectivity index (χ1n) is 12.7. The Morgan fingerprint density at radius 1 is 0.975 bits per heavy atom. The highest BCUT2D eigenvalue weighted by atomic mass is 32.2. The zero-order valence-electron chi connectivity index (χ0n) is 22.9. The van der Waals surface area contributed by atoms with E-state index >= 15 is 0 Å². The predicted molar refractivity (Wildman–Crippen MR) is 152 cm³/mol. The molecule has 3 aromatic rings. The van der Waals surface area contributed by atoms with E-state index < -0.39 is 27.9 Å². The number of fused-ring (bicyclic) bond motifs is 1. The minimum atomic E-state index is -3.64. The van der Waals surface area contributed by atoms with Crippen molar-refractivity contribution in [3.05, 3.63) is 70.6 Å². The molecule has 10 nitrogen and oxygen atoms in total. The molecule has 1 aromatic heterocycles. The van der Waals surface area contributed by atoms with Gasteiger partial charge in [0.15, 0.2) is 11.5 Å². The molecule has 0 unspecified atom stereocenters. The molecule has 2 heterocycles. The first kappa shape index (κ1) is 29.5. The first-order valence-corrected chi connectivity index (χ1v) is 15.1. The quantitative estimate of drug-likeness (QED) is 0.224. The van der Waals surface area contributed by atoms with E-state index in [-0.39, 0.29) is 21.9 Å². The molecule has 214 valence electrons. The maximum absolute atomic E-state index is 13.8. The second kappa shape index (κ2) is 12.8. The monoisotopic (exact) mass is 587 g/mol. The number of benzene rings is 2. The largest absolute Gasteiger partial charge is 0.493 e. The highest BCUT2D eigenvalue weighted by molar-refractivity contribution is 7.91. The Morgan fingerprint density at radius 2 is 1.75 bits per heavy atom. The molecule has 1 aliphatic rings. The van der Waals surface area contributed by atoms with Gasteiger partial charge in [-0.25, -0.2) is 13.1 Å². The van der Waals surface area contributed by atoms with Crippen LogP contribution in [0.5, 0.6) is 17.2 Å². The molecule has 0 saturated carbocycles. The molecule has 2 aromatic carbocycles. The van der Waals surface area contributed by atoms with Gasteiger partial charge in [0.25, 0.3) is 11.8 Å². The average molecular weight is 588 g/mol. The van der Waals surface area contributed by atoms with Gasteiger partial charge < -0.3 is 19.1 Å². The van der Waals surface area contributed by atoms with Crippen molar-refractivity contribution >= 4 is 33.2 Å². The van der Waals surface area contributed by atoms with Crippen LogP contribution in [-0.4, -0.2) is 78.0 Å². The van der Waals surface area contributed by atoms with Crippen molar-refractivity contribution in [2.75, 3.05) is 48.0 Å². The lowest BCUT2D eigenvalue weighted by Gasteiger charge is -2.27. The number of carbonyl (C=O) groups is 2. The Bertz CT molecular complexity index is 1460. The van der Waals surface area contributed by atoms with Crippen LogP contribution in [0.25, 0.3) is 0 Å². The van der Waals surface area contributed by atoms with Gasteiger partial charge in [0, 0.05) is 13.1 Å². The number of nitrogens with zero attached hydrogens (tertiary/aromatic N) is 2. The van der Waals surface area contributed by atoms with Gasteiger partial charge in [-0.1, -0.05) is 18.2 Å². The number of likely N-dealkylation sites (N-methyl/N-ethyl adjacent to an activating group) is 1. The minimum Gasteiger partial charge on any atom is -0.493 e. The number of carbonyl (C=O) groups excluding carboxylic acids is 2. The van der Waals surface area contributed by atoms with Crippen molar-refractivity contribution in [2.45, 2.75) is 23.1 Å². The Kier molecular flexibility index (Phi) is 9.46. The summed E-state index contributed by atoms with van der Waals surface area (Å²) in [4.78, 5) is 30.7. The van der Waals surface area contributed by atoms with E-state index in [1.165, 1.54) is 25.2 Å². The van der Waals surface area contributed by atoms with Gasteiger partial charge in [-0.15, -0.1) is 11.3 Å². The van der Waals surface area contributed by atoms with Crippen LogP contribution in [-0.2, 0) is 10.0 Å². The van der Waals surface area contributed by atoms with Crippen LogP contribution < -0.4 is 18.9 Å². The average Bonchev–Trinajstić information content (AvgIpc) is 3.57. The van der Waals surface area contributed by atoms with Gasteiger partial charge >= 0.3 is 0 Å². The van der Waals surface area contributed by atoms with Crippen molar-refractivity contribution < 1.29 is 32.2 Å². The maximum atomic E-state index is 13.8. The normalized spacial score (nSPS) is 14.0. The van der Waals surface area contributed by atoms with E-state index in [0.717, 1.165) is 11.3 Å². The molecular weight excluding hydrogens is 554 g/mol. The summed E-state index contributed by atoms with van der Waals surface area (Å²) in [6, 6.07) is 12.8. The van der Waals surface area contributed by atoms with Crippen LogP contribution in [0.4, 0.5) is 0 Å². The summed E-state index contributed by atoms with van der Waals surface area (Å²) in [5, 5.41) is 1.70. The number of thiophene rings is 1. The summed E-state index contributed by atoms with van der Waals surface area (Å²) in [5.74, 6) is 0.423. The summed E-state index contributed by atoms with van der Waals surface area (Å²) < 4.78 is 44.7. The molecular formula is C28H33N3O7S2. The van der Waals surface area contributed by atoms with Gasteiger partial charge in [-0.05, 0) is 68.2 Å². The number of rotatable bonds is 14. The molecule has 1 N–H and O–H groups in total. The lowest BCUT2D eigenvalue weighted by Crippen LogP contribution is -2.35. The van der Waals surface area contributed by atoms with Crippen LogP contribution >= 0.6 is 11.3 Å². The number of methoxy groups -OCH3 is 2. The third kappa shape index (κ3) is 6.30. The third-order valence-corrected chi connectivity index (χ3v) is 9.37. The number of imide groups is 1. The van der Waals surface area contributed by atoms with E-state index in [1.807, 2.05) is 19.0 Å². The lowest BCUT2D eigenvalue weighted by atomic mass is 9.99. The van der Waals surface area contributed by atoms with Gasteiger partial charge in [-0.3, -0.25) is 14.5 Å². The fourth-order valence-corrected chi connectivity index (χ4v) is 6.62. The molecule has 0 spiro atoms. The Hall–Kier alpha value is -3.45. The Morgan fingerprint density at radius 3 is 2.42 bits per heavy atom. The predicted octanol–water partition coefficient (Wildman–Crippen LogP) is 3.80. The molecule has 0 bridgehead atoms.